The Balaban J connectivity index is 1.01. The topological polar surface area (TPSA) is 165 Å². The van der Waals surface area contributed by atoms with Crippen molar-refractivity contribution in [2.75, 3.05) is 44.3 Å². The van der Waals surface area contributed by atoms with E-state index >= 15 is 0 Å². The molecule has 16 heteroatoms. The lowest BCUT2D eigenvalue weighted by atomic mass is 9.91. The number of nitrogens with zero attached hydrogens (tertiary/aromatic N) is 5. The number of hydrogen-bond donors (Lipinski definition) is 3. The molecule has 13 nitrogen and oxygen atoms in total. The summed E-state index contributed by atoms with van der Waals surface area (Å²) in [5.74, 6) is -2.27. The Hall–Kier alpha value is -3.49. The van der Waals surface area contributed by atoms with E-state index in [2.05, 4.69) is 20.2 Å². The first kappa shape index (κ1) is 32.1. The van der Waals surface area contributed by atoms with Crippen LogP contribution in [-0.4, -0.2) is 105 Å². The fraction of sp³-hybridized carbons (Fsp3) is 0.516. The van der Waals surface area contributed by atoms with Gasteiger partial charge in [-0.05, 0) is 61.3 Å². The molecule has 0 saturated carbocycles. The molecular formula is C31H36FN6O7PS. The fourth-order valence-corrected chi connectivity index (χ4v) is 8.71. The fourth-order valence-electron chi connectivity index (χ4n) is 7.21. The van der Waals surface area contributed by atoms with Crippen molar-refractivity contribution >= 4 is 52.6 Å². The van der Waals surface area contributed by atoms with Crippen LogP contribution in [0.1, 0.15) is 64.7 Å². The highest BCUT2D eigenvalue weighted by Gasteiger charge is 2.48. The number of thiophene rings is 1. The number of alkyl halides is 1. The molecule has 0 aliphatic carbocycles. The zero-order valence-corrected chi connectivity index (χ0v) is 27.2. The lowest BCUT2D eigenvalue weighted by Gasteiger charge is -2.43. The second kappa shape index (κ2) is 12.8. The van der Waals surface area contributed by atoms with E-state index in [4.69, 9.17) is 4.74 Å². The Morgan fingerprint density at radius 1 is 1.11 bits per heavy atom. The molecule has 3 N–H and O–H groups in total. The first-order chi connectivity index (χ1) is 22.6. The van der Waals surface area contributed by atoms with Crippen LogP contribution in [-0.2, 0) is 18.9 Å². The number of benzene rings is 1. The number of fused-ring (bicyclic) bond motifs is 2. The third kappa shape index (κ3) is 6.27. The first-order valence-electron chi connectivity index (χ1n) is 15.9. The molecular weight excluding hydrogens is 650 g/mol. The lowest BCUT2D eigenvalue weighted by Crippen LogP contribution is -2.58. The van der Waals surface area contributed by atoms with Crippen LogP contribution >= 0.6 is 18.9 Å². The third-order valence-electron chi connectivity index (χ3n) is 9.67. The summed E-state index contributed by atoms with van der Waals surface area (Å²) < 4.78 is 31.8. The van der Waals surface area contributed by atoms with Gasteiger partial charge in [0.25, 0.3) is 5.91 Å². The number of morpholine rings is 1. The molecule has 6 heterocycles. The highest BCUT2D eigenvalue weighted by Crippen LogP contribution is 2.53. The van der Waals surface area contributed by atoms with Crippen molar-refractivity contribution in [3.05, 3.63) is 52.8 Å². The number of carbonyl (C=O) groups is 3. The van der Waals surface area contributed by atoms with Crippen molar-refractivity contribution in [3.63, 3.8) is 0 Å². The number of likely N-dealkylation sites (tertiary alicyclic amines) is 1. The van der Waals surface area contributed by atoms with Gasteiger partial charge < -0.3 is 34.5 Å². The molecule has 4 aliphatic heterocycles. The SMILES string of the molecule is O=C(N[C@H]1CCC[C@H]2CC[C@@H](C(=O)N3CC(c4cncnc4N4CCOCC4)C3)N2C1=O)c1cc2cc([C@H](F)P(=O)(O)O)ccc2s1. The number of anilines is 1. The van der Waals surface area contributed by atoms with Crippen LogP contribution in [0.4, 0.5) is 10.2 Å². The van der Waals surface area contributed by atoms with E-state index < -0.39 is 31.5 Å². The van der Waals surface area contributed by atoms with E-state index in [1.807, 2.05) is 6.20 Å². The summed E-state index contributed by atoms with van der Waals surface area (Å²) in [6, 6.07) is 4.22. The van der Waals surface area contributed by atoms with Gasteiger partial charge in [-0.15, -0.1) is 11.3 Å². The number of nitrogens with one attached hydrogen (secondary N) is 1. The summed E-state index contributed by atoms with van der Waals surface area (Å²) in [6.07, 6.45) is 6.61. The summed E-state index contributed by atoms with van der Waals surface area (Å²) in [5, 5.41) is 3.34. The summed E-state index contributed by atoms with van der Waals surface area (Å²) in [7, 11) is -4.98. The van der Waals surface area contributed by atoms with Crippen LogP contribution in [0.2, 0.25) is 0 Å². The maximum Gasteiger partial charge on any atom is 0.363 e. The average Bonchev–Trinajstić information content (AvgIpc) is 3.64. The number of hydrogen-bond acceptors (Lipinski definition) is 9. The second-order valence-corrected chi connectivity index (χ2v) is 15.3. The van der Waals surface area contributed by atoms with E-state index in [0.717, 1.165) is 55.1 Å². The predicted octanol–water partition coefficient (Wildman–Crippen LogP) is 2.94. The minimum Gasteiger partial charge on any atom is -0.378 e. The highest BCUT2D eigenvalue weighted by molar-refractivity contribution is 7.51. The summed E-state index contributed by atoms with van der Waals surface area (Å²) >= 11 is 1.14. The Bertz CT molecular complexity index is 1740. The Morgan fingerprint density at radius 2 is 1.89 bits per heavy atom. The van der Waals surface area contributed by atoms with Gasteiger partial charge in [0.1, 0.15) is 24.2 Å². The van der Waals surface area contributed by atoms with Crippen LogP contribution in [0.25, 0.3) is 10.1 Å². The maximum absolute atomic E-state index is 14.3. The Labute approximate surface area is 274 Å². The number of carbonyl (C=O) groups excluding carboxylic acids is 3. The van der Waals surface area contributed by atoms with Gasteiger partial charge in [-0.2, -0.15) is 0 Å². The van der Waals surface area contributed by atoms with E-state index in [1.54, 1.807) is 16.1 Å². The number of halogens is 1. The van der Waals surface area contributed by atoms with Gasteiger partial charge in [0.05, 0.1) is 18.1 Å². The standard InChI is InChI=1S/C31H36FN6O7PS/c32-27(46(42,43)44)18-4-7-25-19(12-18)13-26(47-25)29(39)35-23-3-1-2-21-5-6-24(38(21)30(23)40)31(41)37-15-20(16-37)22-14-33-17-34-28(22)36-8-10-45-11-9-36/h4,7,12-14,17,20-21,23-24,27H,1-3,5-6,8-11,15-16H2,(H,35,39)(H2,42,43,44)/t21-,23-,24-,27+/m0/s1. The van der Waals surface area contributed by atoms with Crippen LogP contribution < -0.4 is 10.2 Å². The van der Waals surface area contributed by atoms with Gasteiger partial charge in [-0.25, -0.2) is 14.4 Å². The van der Waals surface area contributed by atoms with Crippen LogP contribution in [0.15, 0.2) is 36.8 Å². The first-order valence-corrected chi connectivity index (χ1v) is 18.4. The summed E-state index contributed by atoms with van der Waals surface area (Å²) in [5.41, 5.74) is 0.841. The zero-order valence-electron chi connectivity index (χ0n) is 25.5. The quantitative estimate of drug-likeness (QED) is 0.315. The smallest absolute Gasteiger partial charge is 0.363 e. The number of aromatic nitrogens is 2. The number of rotatable bonds is 7. The molecule has 1 aromatic carbocycles. The molecule has 250 valence electrons. The third-order valence-corrected chi connectivity index (χ3v) is 11.7. The van der Waals surface area contributed by atoms with E-state index in [9.17, 15) is 33.1 Å². The van der Waals surface area contributed by atoms with Gasteiger partial charge in [-0.3, -0.25) is 18.9 Å². The molecule has 4 atom stereocenters. The lowest BCUT2D eigenvalue weighted by molar-refractivity contribution is -0.148. The van der Waals surface area contributed by atoms with Gasteiger partial charge in [0.2, 0.25) is 17.7 Å². The molecule has 3 amide bonds. The van der Waals surface area contributed by atoms with Gasteiger partial charge in [0.15, 0.2) is 0 Å². The molecule has 0 spiro atoms. The zero-order chi connectivity index (χ0) is 32.9. The molecule has 7 rings (SSSR count). The molecule has 0 unspecified atom stereocenters. The maximum atomic E-state index is 14.3. The number of ether oxygens (including phenoxy) is 1. The van der Waals surface area contributed by atoms with Crippen molar-refractivity contribution in [2.45, 2.75) is 62.1 Å². The van der Waals surface area contributed by atoms with E-state index in [1.165, 1.54) is 24.3 Å². The van der Waals surface area contributed by atoms with Crippen molar-refractivity contribution in [3.8, 4) is 0 Å². The minimum absolute atomic E-state index is 0.0590. The van der Waals surface area contributed by atoms with Crippen molar-refractivity contribution < 1.29 is 37.9 Å². The molecule has 3 aromatic rings. The molecule has 47 heavy (non-hydrogen) atoms. The van der Waals surface area contributed by atoms with Crippen molar-refractivity contribution in [1.82, 2.24) is 25.1 Å². The van der Waals surface area contributed by atoms with Crippen LogP contribution in [0.3, 0.4) is 0 Å². The minimum atomic E-state index is -4.98. The Kier molecular flexibility index (Phi) is 8.77. The molecule has 0 bridgehead atoms. The largest absolute Gasteiger partial charge is 0.378 e. The second-order valence-electron chi connectivity index (χ2n) is 12.6. The summed E-state index contributed by atoms with van der Waals surface area (Å²) in [6.45, 7) is 3.83. The van der Waals surface area contributed by atoms with Crippen LogP contribution in [0.5, 0.6) is 0 Å². The van der Waals surface area contributed by atoms with Gasteiger partial charge >= 0.3 is 7.60 Å². The van der Waals surface area contributed by atoms with Crippen LogP contribution in [0, 0.1) is 0 Å². The molecule has 4 fully saturated rings. The van der Waals surface area contributed by atoms with Crippen molar-refractivity contribution in [2.24, 2.45) is 0 Å². The molecule has 4 aliphatic rings. The van der Waals surface area contributed by atoms with Gasteiger partial charge in [0, 0.05) is 54.6 Å². The monoisotopic (exact) mass is 686 g/mol. The van der Waals surface area contributed by atoms with E-state index in [0.29, 0.717) is 54.1 Å². The number of amides is 3. The highest BCUT2D eigenvalue weighted by atomic mass is 32.1. The Morgan fingerprint density at radius 3 is 2.66 bits per heavy atom. The summed E-state index contributed by atoms with van der Waals surface area (Å²) in [4.78, 5) is 74.3. The molecule has 0 radical (unpaired) electrons. The van der Waals surface area contributed by atoms with E-state index in [-0.39, 0.29) is 29.3 Å². The average molecular weight is 687 g/mol. The molecule has 4 saturated heterocycles. The molecule has 2 aromatic heterocycles. The predicted molar refractivity (Wildman–Crippen MR) is 171 cm³/mol. The normalized spacial score (nSPS) is 24.5. The van der Waals surface area contributed by atoms with Crippen molar-refractivity contribution in [1.29, 1.82) is 0 Å². The van der Waals surface area contributed by atoms with Gasteiger partial charge in [-0.1, -0.05) is 6.07 Å².